The number of thioether (sulfide) groups is 1. The SMILES string of the molecule is [CH2]COCSC. The van der Waals surface area contributed by atoms with Gasteiger partial charge in [0.05, 0.1) is 5.94 Å². The first-order chi connectivity index (χ1) is 2.91. The van der Waals surface area contributed by atoms with E-state index >= 15 is 0 Å². The lowest BCUT2D eigenvalue weighted by Gasteiger charge is -1.91. The van der Waals surface area contributed by atoms with Crippen LogP contribution in [-0.2, 0) is 4.74 Å². The van der Waals surface area contributed by atoms with E-state index in [-0.39, 0.29) is 0 Å². The Balaban J connectivity index is 2.34. The molecular formula is C4H9OS. The smallest absolute Gasteiger partial charge is 0.0918 e. The number of rotatable bonds is 3. The van der Waals surface area contributed by atoms with Gasteiger partial charge in [0.25, 0.3) is 0 Å². The first-order valence-electron chi connectivity index (χ1n) is 1.77. The summed E-state index contributed by atoms with van der Waals surface area (Å²) in [6, 6.07) is 0. The Hall–Kier alpha value is 0.310. The van der Waals surface area contributed by atoms with Crippen molar-refractivity contribution in [1.82, 2.24) is 0 Å². The minimum atomic E-state index is 0.584. The van der Waals surface area contributed by atoms with Crippen molar-refractivity contribution >= 4 is 11.8 Å². The lowest BCUT2D eigenvalue weighted by atomic mass is 10.9. The standard InChI is InChI=1S/C4H9OS/c1-3-5-4-6-2/h1,3-4H2,2H3. The van der Waals surface area contributed by atoms with Crippen LogP contribution < -0.4 is 0 Å². The number of hydrogen-bond acceptors (Lipinski definition) is 2. The Morgan fingerprint density at radius 2 is 2.50 bits per heavy atom. The summed E-state index contributed by atoms with van der Waals surface area (Å²) in [7, 11) is 0. The molecule has 0 unspecified atom stereocenters. The Morgan fingerprint density at radius 3 is 2.67 bits per heavy atom. The molecule has 6 heavy (non-hydrogen) atoms. The monoisotopic (exact) mass is 105 g/mol. The highest BCUT2D eigenvalue weighted by Gasteiger charge is 1.72. The summed E-state index contributed by atoms with van der Waals surface area (Å²) < 4.78 is 4.83. The van der Waals surface area contributed by atoms with Crippen molar-refractivity contribution in [1.29, 1.82) is 0 Å². The summed E-state index contributed by atoms with van der Waals surface area (Å²) in [5, 5.41) is 0. The highest BCUT2D eigenvalue weighted by Crippen LogP contribution is 1.89. The Labute approximate surface area is 43.1 Å². The number of ether oxygens (including phenoxy) is 1. The van der Waals surface area contributed by atoms with E-state index < -0.39 is 0 Å². The molecule has 0 saturated carbocycles. The Kier molecular flexibility index (Phi) is 5.58. The molecule has 0 N–H and O–H groups in total. The number of hydrogen-bond donors (Lipinski definition) is 0. The Morgan fingerprint density at radius 1 is 1.83 bits per heavy atom. The molecule has 0 aromatic rings. The van der Waals surface area contributed by atoms with Crippen LogP contribution in [-0.4, -0.2) is 18.8 Å². The zero-order valence-electron chi connectivity index (χ0n) is 3.94. The average Bonchev–Trinajstić information content (AvgIpc) is 1.61. The molecule has 0 spiro atoms. The maximum atomic E-state index is 4.83. The van der Waals surface area contributed by atoms with Crippen LogP contribution in [0.15, 0.2) is 0 Å². The lowest BCUT2D eigenvalue weighted by Crippen LogP contribution is -1.85. The van der Waals surface area contributed by atoms with Gasteiger partial charge < -0.3 is 4.74 Å². The zero-order valence-corrected chi connectivity index (χ0v) is 4.75. The van der Waals surface area contributed by atoms with E-state index in [2.05, 4.69) is 6.92 Å². The van der Waals surface area contributed by atoms with Gasteiger partial charge in [0, 0.05) is 6.61 Å². The van der Waals surface area contributed by atoms with Gasteiger partial charge in [-0.3, -0.25) is 0 Å². The molecular weight excluding hydrogens is 96.1 g/mol. The molecule has 2 heteroatoms. The second kappa shape index (κ2) is 5.31. The van der Waals surface area contributed by atoms with Gasteiger partial charge in [-0.15, -0.1) is 11.8 Å². The largest absolute Gasteiger partial charge is 0.371 e. The minimum Gasteiger partial charge on any atom is -0.371 e. The van der Waals surface area contributed by atoms with E-state index in [0.717, 1.165) is 5.94 Å². The summed E-state index contributed by atoms with van der Waals surface area (Å²) in [6.45, 7) is 4.07. The first-order valence-corrected chi connectivity index (χ1v) is 3.17. The molecule has 0 aliphatic heterocycles. The van der Waals surface area contributed by atoms with Gasteiger partial charge in [-0.25, -0.2) is 0 Å². The molecule has 1 radical (unpaired) electrons. The van der Waals surface area contributed by atoms with Crippen LogP contribution in [0.3, 0.4) is 0 Å². The summed E-state index contributed by atoms with van der Waals surface area (Å²) in [5.41, 5.74) is 0. The van der Waals surface area contributed by atoms with Gasteiger partial charge in [0.1, 0.15) is 0 Å². The van der Waals surface area contributed by atoms with Crippen LogP contribution in [0.5, 0.6) is 0 Å². The molecule has 0 aliphatic carbocycles. The van der Waals surface area contributed by atoms with Crippen LogP contribution in [0.25, 0.3) is 0 Å². The molecule has 0 aromatic heterocycles. The fourth-order valence-electron chi connectivity index (χ4n) is 0.142. The van der Waals surface area contributed by atoms with Crippen LogP contribution >= 0.6 is 11.8 Å². The van der Waals surface area contributed by atoms with Gasteiger partial charge >= 0.3 is 0 Å². The molecule has 0 amide bonds. The third-order valence-electron chi connectivity index (χ3n) is 0.346. The topological polar surface area (TPSA) is 9.23 Å². The van der Waals surface area contributed by atoms with Crippen molar-refractivity contribution < 1.29 is 4.74 Å². The third-order valence-corrected chi connectivity index (χ3v) is 0.748. The van der Waals surface area contributed by atoms with Crippen molar-refractivity contribution in [2.45, 2.75) is 0 Å². The second-order valence-corrected chi connectivity index (χ2v) is 1.63. The molecule has 0 atom stereocenters. The van der Waals surface area contributed by atoms with Crippen LogP contribution in [0.2, 0.25) is 0 Å². The van der Waals surface area contributed by atoms with Gasteiger partial charge in [-0.2, -0.15) is 0 Å². The van der Waals surface area contributed by atoms with Crippen molar-refractivity contribution in [2.75, 3.05) is 18.8 Å². The molecule has 37 valence electrons. The highest BCUT2D eigenvalue weighted by atomic mass is 32.2. The summed E-state index contributed by atoms with van der Waals surface area (Å²) >= 11 is 1.66. The molecule has 0 aromatic carbocycles. The van der Waals surface area contributed by atoms with E-state index in [1.54, 1.807) is 11.8 Å². The molecule has 1 nitrogen and oxygen atoms in total. The van der Waals surface area contributed by atoms with Crippen molar-refractivity contribution in [3.63, 3.8) is 0 Å². The van der Waals surface area contributed by atoms with Crippen molar-refractivity contribution in [3.8, 4) is 0 Å². The molecule has 0 aliphatic rings. The minimum absolute atomic E-state index is 0.584. The second-order valence-electron chi connectivity index (χ2n) is 0.815. The fraction of sp³-hybridized carbons (Fsp3) is 0.750. The molecule has 0 rings (SSSR count). The molecule has 0 bridgehead atoms. The Bertz CT molecular complexity index is 19.5. The van der Waals surface area contributed by atoms with E-state index in [1.807, 2.05) is 6.26 Å². The quantitative estimate of drug-likeness (QED) is 0.393. The normalized spacial score (nSPS) is 9.00. The maximum Gasteiger partial charge on any atom is 0.0918 e. The molecule has 0 heterocycles. The van der Waals surface area contributed by atoms with Gasteiger partial charge in [0.2, 0.25) is 0 Å². The predicted molar refractivity (Wildman–Crippen MR) is 29.7 cm³/mol. The molecule has 0 fully saturated rings. The van der Waals surface area contributed by atoms with Gasteiger partial charge in [0.15, 0.2) is 0 Å². The van der Waals surface area contributed by atoms with E-state index in [9.17, 15) is 0 Å². The van der Waals surface area contributed by atoms with Crippen molar-refractivity contribution in [2.24, 2.45) is 0 Å². The maximum absolute atomic E-state index is 4.83. The zero-order chi connectivity index (χ0) is 4.83. The fourth-order valence-corrected chi connectivity index (χ4v) is 0.427. The van der Waals surface area contributed by atoms with E-state index in [0.29, 0.717) is 6.61 Å². The van der Waals surface area contributed by atoms with Crippen LogP contribution in [0.4, 0.5) is 0 Å². The van der Waals surface area contributed by atoms with E-state index in [4.69, 9.17) is 4.74 Å². The van der Waals surface area contributed by atoms with Gasteiger partial charge in [-0.1, -0.05) is 0 Å². The third kappa shape index (κ3) is 4.31. The summed E-state index contributed by atoms with van der Waals surface area (Å²) in [6.07, 6.45) is 2.00. The van der Waals surface area contributed by atoms with Crippen LogP contribution in [0.1, 0.15) is 0 Å². The van der Waals surface area contributed by atoms with E-state index in [1.165, 1.54) is 0 Å². The van der Waals surface area contributed by atoms with Crippen LogP contribution in [0, 0.1) is 6.92 Å². The first kappa shape index (κ1) is 6.31. The molecule has 0 saturated heterocycles. The predicted octanol–water partition coefficient (Wildman–Crippen LogP) is 1.16. The summed E-state index contributed by atoms with van der Waals surface area (Å²) in [5.74, 6) is 0.767. The van der Waals surface area contributed by atoms with Gasteiger partial charge in [-0.05, 0) is 13.2 Å². The lowest BCUT2D eigenvalue weighted by molar-refractivity contribution is 0.215. The average molecular weight is 105 g/mol. The summed E-state index contributed by atoms with van der Waals surface area (Å²) in [4.78, 5) is 0. The highest BCUT2D eigenvalue weighted by molar-refractivity contribution is 7.98. The van der Waals surface area contributed by atoms with Crippen molar-refractivity contribution in [3.05, 3.63) is 6.92 Å².